The van der Waals surface area contributed by atoms with E-state index >= 15 is 0 Å². The van der Waals surface area contributed by atoms with Crippen LogP contribution < -0.4 is 5.32 Å². The molecule has 3 rings (SSSR count). The molecule has 164 valence electrons. The molecule has 1 aliphatic rings. The Hall–Kier alpha value is -1.97. The van der Waals surface area contributed by atoms with Crippen LogP contribution in [-0.4, -0.2) is 55.5 Å². The molecule has 1 amide bonds. The minimum absolute atomic E-state index is 0.00302. The maximum Gasteiger partial charge on any atom is 0.236 e. The highest BCUT2D eigenvalue weighted by Crippen LogP contribution is 2.29. The summed E-state index contributed by atoms with van der Waals surface area (Å²) in [6.07, 6.45) is 0.764. The molecule has 1 aromatic carbocycles. The van der Waals surface area contributed by atoms with E-state index in [1.54, 1.807) is 19.1 Å². The highest BCUT2D eigenvalue weighted by atomic mass is 35.5. The molecule has 1 fully saturated rings. The van der Waals surface area contributed by atoms with Gasteiger partial charge in [0.25, 0.3) is 0 Å². The Morgan fingerprint density at radius 3 is 2.80 bits per heavy atom. The lowest BCUT2D eigenvalue weighted by atomic mass is 9.79. The molecule has 30 heavy (non-hydrogen) atoms. The first-order valence-electron chi connectivity index (χ1n) is 9.75. The molecule has 1 atom stereocenters. The van der Waals surface area contributed by atoms with Crippen LogP contribution >= 0.6 is 11.6 Å². The summed E-state index contributed by atoms with van der Waals surface area (Å²) < 4.78 is 30.6. The number of benzene rings is 1. The highest BCUT2D eigenvalue weighted by molar-refractivity contribution is 7.90. The van der Waals surface area contributed by atoms with Gasteiger partial charge in [-0.05, 0) is 44.0 Å². The Morgan fingerprint density at radius 2 is 2.13 bits per heavy atom. The van der Waals surface area contributed by atoms with E-state index in [0.717, 1.165) is 19.5 Å². The molecule has 1 unspecified atom stereocenters. The van der Waals surface area contributed by atoms with Crippen molar-refractivity contribution >= 4 is 27.3 Å². The third kappa shape index (κ3) is 5.19. The van der Waals surface area contributed by atoms with Gasteiger partial charge in [0.05, 0.1) is 9.92 Å². The molecule has 1 saturated heterocycles. The topological polar surface area (TPSA) is 105 Å². The Labute approximate surface area is 181 Å². The molecule has 8 nitrogen and oxygen atoms in total. The third-order valence-corrected chi connectivity index (χ3v) is 7.60. The standard InChI is InChI=1S/C20H27ClN4O4S/c1-13-6-5-7-14(21)19(13)30(27,28)11-16-23-18(29-24-16)10-17(26)22-15-8-9-25(4)12-20(15,2)3/h5-7,15H,8-12H2,1-4H3,(H,22,26). The maximum absolute atomic E-state index is 12.7. The van der Waals surface area contributed by atoms with Crippen LogP contribution in [0.1, 0.15) is 37.5 Å². The van der Waals surface area contributed by atoms with E-state index < -0.39 is 15.6 Å². The van der Waals surface area contributed by atoms with Gasteiger partial charge in [0.1, 0.15) is 12.2 Å². The SMILES string of the molecule is Cc1cccc(Cl)c1S(=O)(=O)Cc1noc(CC(=O)NC2CCN(C)CC2(C)C)n1. The van der Waals surface area contributed by atoms with Gasteiger partial charge in [-0.15, -0.1) is 0 Å². The molecule has 0 spiro atoms. The van der Waals surface area contributed by atoms with Crippen LogP contribution in [0.3, 0.4) is 0 Å². The van der Waals surface area contributed by atoms with E-state index in [1.807, 2.05) is 0 Å². The Morgan fingerprint density at radius 1 is 1.40 bits per heavy atom. The highest BCUT2D eigenvalue weighted by Gasteiger charge is 2.35. The van der Waals surface area contributed by atoms with Crippen LogP contribution in [0, 0.1) is 12.3 Å². The summed E-state index contributed by atoms with van der Waals surface area (Å²) in [6.45, 7) is 7.73. The second kappa shape index (κ2) is 8.64. The van der Waals surface area contributed by atoms with E-state index in [2.05, 4.69) is 41.3 Å². The van der Waals surface area contributed by atoms with Gasteiger partial charge in [0.2, 0.25) is 11.8 Å². The van der Waals surface area contributed by atoms with Gasteiger partial charge in [-0.3, -0.25) is 4.79 Å². The number of carbonyl (C=O) groups excluding carboxylic acids is 1. The summed E-state index contributed by atoms with van der Waals surface area (Å²) >= 11 is 6.08. The lowest BCUT2D eigenvalue weighted by molar-refractivity contribution is -0.123. The van der Waals surface area contributed by atoms with Gasteiger partial charge in [-0.1, -0.05) is 42.7 Å². The Bertz CT molecular complexity index is 1010. The summed E-state index contributed by atoms with van der Waals surface area (Å²) in [6, 6.07) is 4.94. The predicted octanol–water partition coefficient (Wildman–Crippen LogP) is 2.39. The smallest absolute Gasteiger partial charge is 0.236 e. The lowest BCUT2D eigenvalue weighted by Crippen LogP contribution is -2.55. The van der Waals surface area contributed by atoms with E-state index in [1.165, 1.54) is 6.07 Å². The molecule has 2 aromatic rings. The Kier molecular flexibility index (Phi) is 6.54. The van der Waals surface area contributed by atoms with Gasteiger partial charge < -0.3 is 14.7 Å². The number of hydrogen-bond acceptors (Lipinski definition) is 7. The van der Waals surface area contributed by atoms with E-state index in [-0.39, 0.29) is 45.4 Å². The number of aryl methyl sites for hydroxylation is 1. The molecule has 0 saturated carbocycles. The van der Waals surface area contributed by atoms with E-state index in [9.17, 15) is 13.2 Å². The number of likely N-dealkylation sites (tertiary alicyclic amines) is 1. The van der Waals surface area contributed by atoms with Crippen LogP contribution in [-0.2, 0) is 26.8 Å². The molecule has 1 aliphatic heterocycles. The van der Waals surface area contributed by atoms with Crippen LogP contribution in [0.15, 0.2) is 27.6 Å². The zero-order chi connectivity index (χ0) is 22.1. The molecule has 0 aliphatic carbocycles. The van der Waals surface area contributed by atoms with Crippen LogP contribution in [0.5, 0.6) is 0 Å². The number of sulfone groups is 1. The largest absolute Gasteiger partial charge is 0.352 e. The predicted molar refractivity (Wildman–Crippen MR) is 113 cm³/mol. The monoisotopic (exact) mass is 454 g/mol. The first-order chi connectivity index (χ1) is 14.0. The number of aromatic nitrogens is 2. The first kappa shape index (κ1) is 22.7. The average molecular weight is 455 g/mol. The van der Waals surface area contributed by atoms with E-state index in [4.69, 9.17) is 16.1 Å². The van der Waals surface area contributed by atoms with E-state index in [0.29, 0.717) is 5.56 Å². The zero-order valence-electron chi connectivity index (χ0n) is 17.6. The second-order valence-electron chi connectivity index (χ2n) is 8.56. The number of carbonyl (C=O) groups is 1. The van der Waals surface area contributed by atoms with Crippen LogP contribution in [0.2, 0.25) is 5.02 Å². The van der Waals surface area contributed by atoms with Crippen molar-refractivity contribution in [3.63, 3.8) is 0 Å². The van der Waals surface area contributed by atoms with Crippen molar-refractivity contribution < 1.29 is 17.7 Å². The molecular formula is C20H27ClN4O4S. The van der Waals surface area contributed by atoms with Gasteiger partial charge in [0.15, 0.2) is 15.7 Å². The second-order valence-corrected chi connectivity index (χ2v) is 10.9. The quantitative estimate of drug-likeness (QED) is 0.714. The minimum Gasteiger partial charge on any atom is -0.352 e. The van der Waals surface area contributed by atoms with Crippen molar-refractivity contribution in [3.05, 3.63) is 40.5 Å². The van der Waals surface area contributed by atoms with Crippen molar-refractivity contribution in [3.8, 4) is 0 Å². The molecule has 2 heterocycles. The minimum atomic E-state index is -3.76. The fourth-order valence-electron chi connectivity index (χ4n) is 3.95. The van der Waals surface area contributed by atoms with Crippen molar-refractivity contribution in [1.29, 1.82) is 0 Å². The summed E-state index contributed by atoms with van der Waals surface area (Å²) in [5, 5.41) is 6.93. The zero-order valence-corrected chi connectivity index (χ0v) is 19.2. The van der Waals surface area contributed by atoms with Crippen LogP contribution in [0.4, 0.5) is 0 Å². The number of nitrogens with zero attached hydrogens (tertiary/aromatic N) is 3. The lowest BCUT2D eigenvalue weighted by Gasteiger charge is -2.43. The molecule has 10 heteroatoms. The van der Waals surface area contributed by atoms with Crippen molar-refractivity contribution in [2.24, 2.45) is 5.41 Å². The summed E-state index contributed by atoms with van der Waals surface area (Å²) in [5.41, 5.74) is 0.496. The maximum atomic E-state index is 12.7. The van der Waals surface area contributed by atoms with Crippen molar-refractivity contribution in [2.45, 2.75) is 50.3 Å². The molecular weight excluding hydrogens is 428 g/mol. The number of rotatable bonds is 6. The number of piperidine rings is 1. The van der Waals surface area contributed by atoms with Gasteiger partial charge in [-0.2, -0.15) is 4.98 Å². The number of amides is 1. The molecule has 1 aromatic heterocycles. The number of nitrogens with one attached hydrogen (secondary N) is 1. The molecule has 0 radical (unpaired) electrons. The van der Waals surface area contributed by atoms with Crippen molar-refractivity contribution in [1.82, 2.24) is 20.4 Å². The van der Waals surface area contributed by atoms with Gasteiger partial charge in [0, 0.05) is 12.6 Å². The summed E-state index contributed by atoms with van der Waals surface area (Å²) in [7, 11) is -1.69. The van der Waals surface area contributed by atoms with Crippen molar-refractivity contribution in [2.75, 3.05) is 20.1 Å². The fourth-order valence-corrected chi connectivity index (χ4v) is 6.05. The van der Waals surface area contributed by atoms with Crippen LogP contribution in [0.25, 0.3) is 0 Å². The summed E-state index contributed by atoms with van der Waals surface area (Å²) in [4.78, 5) is 18.9. The van der Waals surface area contributed by atoms with Gasteiger partial charge in [-0.25, -0.2) is 8.42 Å². The van der Waals surface area contributed by atoms with Gasteiger partial charge >= 0.3 is 0 Å². The third-order valence-electron chi connectivity index (χ3n) is 5.37. The number of halogens is 1. The molecule has 1 N–H and O–H groups in total. The first-order valence-corrected chi connectivity index (χ1v) is 11.8. The number of hydrogen-bond donors (Lipinski definition) is 1. The Balaban J connectivity index is 1.65. The normalized spacial score (nSPS) is 19.6. The average Bonchev–Trinajstić information content (AvgIpc) is 3.02. The summed E-state index contributed by atoms with van der Waals surface area (Å²) in [5.74, 6) is -0.598. The fraction of sp³-hybridized carbons (Fsp3) is 0.550. The molecule has 0 bridgehead atoms.